The van der Waals surface area contributed by atoms with Crippen LogP contribution in [0.4, 0.5) is 5.69 Å². The number of hydrogen-bond donors (Lipinski definition) is 11. The van der Waals surface area contributed by atoms with Crippen molar-refractivity contribution in [2.75, 3.05) is 5.73 Å². The Hall–Kier alpha value is -3.35. The van der Waals surface area contributed by atoms with Crippen molar-refractivity contribution in [3.63, 3.8) is 0 Å². The average Bonchev–Trinajstić information content (AvgIpc) is 3.38. The maximum atomic E-state index is 10.2. The maximum Gasteiger partial charge on any atom is 0.323 e. The number of nitrogens with two attached hydrogens (primary N) is 6. The SMILES string of the molecule is CC(C)CCC[C@@H](C)[C@H]1CC[C@H]2[C@@H]3CC=C4C[C@@H](O)CC[C@]4(C)[C@H]3CC[C@]12C.C[C@@H](O)[C@H](N)C(=O)O.N=C(N)N.N=C(N)N.Nc1ccccc1. The highest BCUT2D eigenvalue weighted by molar-refractivity contribution is 5.73. The molecular weight excluding hydrogens is 644 g/mol. The number of hydrogen-bond acceptors (Lipinski definition) is 7. The highest BCUT2D eigenvalue weighted by Gasteiger charge is 2.59. The fourth-order valence-corrected chi connectivity index (χ4v) is 9.33. The molecule has 1 aromatic rings. The molecule has 12 heteroatoms. The van der Waals surface area contributed by atoms with Gasteiger partial charge in [-0.05, 0) is 117 Å². The summed E-state index contributed by atoms with van der Waals surface area (Å²) in [6.07, 6.45) is 16.2. The van der Waals surface area contributed by atoms with Crippen LogP contribution < -0.4 is 34.4 Å². The summed E-state index contributed by atoms with van der Waals surface area (Å²) < 4.78 is 0. The summed E-state index contributed by atoms with van der Waals surface area (Å²) in [5.74, 6) is 3.61. The molecule has 0 aliphatic heterocycles. The van der Waals surface area contributed by atoms with E-state index in [-0.39, 0.29) is 18.0 Å². The number of rotatable bonds is 7. The second-order valence-corrected chi connectivity index (χ2v) is 16.1. The number of allylic oxidation sites excluding steroid dienone is 1. The first-order valence-corrected chi connectivity index (χ1v) is 18.7. The van der Waals surface area contributed by atoms with E-state index in [0.29, 0.717) is 10.8 Å². The first-order valence-electron chi connectivity index (χ1n) is 18.7. The van der Waals surface area contributed by atoms with E-state index in [1.807, 2.05) is 30.3 Å². The van der Waals surface area contributed by atoms with Gasteiger partial charge in [0.2, 0.25) is 0 Å². The fraction of sp³-hybridized carbons (Fsp3) is 0.718. The number of guanidine groups is 2. The molecule has 10 atom stereocenters. The Morgan fingerprint density at radius 2 is 1.47 bits per heavy atom. The monoisotopic (exact) mass is 717 g/mol. The molecule has 0 unspecified atom stereocenters. The molecule has 0 aromatic heterocycles. The van der Waals surface area contributed by atoms with Gasteiger partial charge in [0, 0.05) is 5.69 Å². The van der Waals surface area contributed by atoms with Gasteiger partial charge in [-0.2, -0.15) is 0 Å². The molecule has 0 bridgehead atoms. The van der Waals surface area contributed by atoms with Crippen LogP contribution in [-0.2, 0) is 4.79 Å². The minimum atomic E-state index is -1.18. The molecule has 292 valence electrons. The first kappa shape index (κ1) is 45.7. The predicted octanol–water partition coefficient (Wildman–Crippen LogP) is 5.11. The molecule has 0 heterocycles. The lowest BCUT2D eigenvalue weighted by Crippen LogP contribution is -2.50. The van der Waals surface area contributed by atoms with E-state index in [4.69, 9.17) is 32.5 Å². The molecule has 0 spiro atoms. The van der Waals surface area contributed by atoms with Crippen LogP contribution in [0.1, 0.15) is 112 Å². The van der Waals surface area contributed by atoms with Gasteiger partial charge in [0.1, 0.15) is 6.04 Å². The number of carbonyl (C=O) groups is 1. The molecule has 51 heavy (non-hydrogen) atoms. The van der Waals surface area contributed by atoms with Crippen LogP contribution in [0.2, 0.25) is 0 Å². The Morgan fingerprint density at radius 1 is 0.902 bits per heavy atom. The number of fused-ring (bicyclic) bond motifs is 5. The third-order valence-corrected chi connectivity index (χ3v) is 11.9. The molecule has 1 aromatic carbocycles. The van der Waals surface area contributed by atoms with Crippen LogP contribution >= 0.6 is 0 Å². The van der Waals surface area contributed by atoms with Crippen molar-refractivity contribution in [3.05, 3.63) is 42.0 Å². The van der Waals surface area contributed by atoms with E-state index in [9.17, 15) is 9.90 Å². The number of carboxylic acid groups (broad SMARTS) is 1. The van der Waals surface area contributed by atoms with E-state index in [1.165, 1.54) is 64.7 Å². The Kier molecular flexibility index (Phi) is 19.0. The largest absolute Gasteiger partial charge is 0.480 e. The number of nitrogens with one attached hydrogen (secondary N) is 2. The van der Waals surface area contributed by atoms with Gasteiger partial charge in [0.25, 0.3) is 0 Å². The van der Waals surface area contributed by atoms with Gasteiger partial charge >= 0.3 is 5.97 Å². The molecule has 0 amide bonds. The topological polar surface area (TPSA) is 282 Å². The van der Waals surface area contributed by atoms with Crippen LogP contribution in [0.3, 0.4) is 0 Å². The lowest BCUT2D eigenvalue weighted by atomic mass is 9.47. The highest BCUT2D eigenvalue weighted by atomic mass is 16.4. The van der Waals surface area contributed by atoms with Crippen molar-refractivity contribution in [1.29, 1.82) is 10.8 Å². The first-order chi connectivity index (χ1) is 23.7. The summed E-state index contributed by atoms with van der Waals surface area (Å²) in [5, 5.41) is 38.9. The molecule has 12 nitrogen and oxygen atoms in total. The Labute approximate surface area is 307 Å². The quantitative estimate of drug-likeness (QED) is 0.0767. The lowest BCUT2D eigenvalue weighted by Gasteiger charge is -2.58. The zero-order valence-corrected chi connectivity index (χ0v) is 32.2. The summed E-state index contributed by atoms with van der Waals surface area (Å²) in [7, 11) is 0. The molecule has 3 fully saturated rings. The zero-order valence-electron chi connectivity index (χ0n) is 32.2. The zero-order chi connectivity index (χ0) is 39.1. The van der Waals surface area contributed by atoms with Crippen molar-refractivity contribution < 1.29 is 20.1 Å². The van der Waals surface area contributed by atoms with E-state index < -0.39 is 18.1 Å². The van der Waals surface area contributed by atoms with Crippen LogP contribution in [0.5, 0.6) is 0 Å². The number of para-hydroxylation sites is 1. The number of anilines is 1. The summed E-state index contributed by atoms with van der Waals surface area (Å²) >= 11 is 0. The van der Waals surface area contributed by atoms with Crippen LogP contribution in [0.25, 0.3) is 0 Å². The van der Waals surface area contributed by atoms with Gasteiger partial charge in [0.15, 0.2) is 11.9 Å². The van der Waals surface area contributed by atoms with Gasteiger partial charge in [-0.1, -0.05) is 83.7 Å². The summed E-state index contributed by atoms with van der Waals surface area (Å²) in [4.78, 5) is 9.86. The summed E-state index contributed by atoms with van der Waals surface area (Å²) in [6, 6.07) is 8.33. The van der Waals surface area contributed by atoms with Gasteiger partial charge in [0.05, 0.1) is 12.2 Å². The summed E-state index contributed by atoms with van der Waals surface area (Å²) in [6.45, 7) is 13.9. The minimum Gasteiger partial charge on any atom is -0.480 e. The molecule has 0 radical (unpaired) electrons. The fourth-order valence-electron chi connectivity index (χ4n) is 9.33. The van der Waals surface area contributed by atoms with Crippen LogP contribution in [0, 0.1) is 57.2 Å². The van der Waals surface area contributed by atoms with Crippen molar-refractivity contribution in [2.45, 2.75) is 130 Å². The van der Waals surface area contributed by atoms with E-state index in [1.54, 1.807) is 5.57 Å². The lowest BCUT2D eigenvalue weighted by molar-refractivity contribution is -0.140. The van der Waals surface area contributed by atoms with Gasteiger partial charge in [-0.25, -0.2) is 0 Å². The number of carboxylic acids is 1. The number of aliphatic hydroxyl groups is 2. The van der Waals surface area contributed by atoms with Crippen molar-refractivity contribution in [1.82, 2.24) is 0 Å². The maximum absolute atomic E-state index is 10.2. The van der Waals surface area contributed by atoms with Crippen molar-refractivity contribution >= 4 is 23.6 Å². The van der Waals surface area contributed by atoms with Gasteiger partial charge < -0.3 is 49.7 Å². The number of benzene rings is 1. The predicted molar refractivity (Wildman–Crippen MR) is 209 cm³/mol. The number of aliphatic carboxylic acids is 1. The van der Waals surface area contributed by atoms with Crippen LogP contribution in [-0.4, -0.2) is 51.5 Å². The molecule has 3 saturated carbocycles. The minimum absolute atomic E-state index is 0.0766. The average molecular weight is 717 g/mol. The molecule has 17 N–H and O–H groups in total. The molecular formula is C39H72N8O4. The smallest absolute Gasteiger partial charge is 0.323 e. The third-order valence-electron chi connectivity index (χ3n) is 11.9. The third kappa shape index (κ3) is 14.3. The van der Waals surface area contributed by atoms with Crippen molar-refractivity contribution in [3.8, 4) is 0 Å². The van der Waals surface area contributed by atoms with Gasteiger partial charge in [-0.3, -0.25) is 15.6 Å². The van der Waals surface area contributed by atoms with E-state index in [2.05, 4.69) is 63.6 Å². The standard InChI is InChI=1S/C27H46O.C6H7N.C4H9NO3.2CH5N3/c1-18(2)7-6-8-19(3)23-11-12-24-22-10-9-20-17-21(28)13-15-26(20,4)25(22)14-16-27(23,24)5;7-6-4-2-1-3-5-6;1-2(6)3(5)4(7)8;2*2-1(3)4/h9,18-19,21-25,28H,6-8,10-17H2,1-5H3;1-5H,7H2;2-3,6H,5H2,1H3,(H,7,8);2*(H5,2,3,4)/t19-,21+,22+,23-,24+,25+,26+,27-;;2-,3+;;/m1.1../s1. The Bertz CT molecular complexity index is 1220. The molecule has 4 aliphatic rings. The summed E-state index contributed by atoms with van der Waals surface area (Å²) in [5.41, 5.74) is 31.6. The number of nitrogen functional groups attached to an aromatic ring is 1. The Balaban J connectivity index is 0.000000458. The van der Waals surface area contributed by atoms with Crippen LogP contribution in [0.15, 0.2) is 42.0 Å². The van der Waals surface area contributed by atoms with E-state index >= 15 is 0 Å². The normalized spacial score (nSPS) is 30.4. The molecule has 0 saturated heterocycles. The second kappa shape index (κ2) is 21.2. The Morgan fingerprint density at radius 3 is 1.92 bits per heavy atom. The number of aliphatic hydroxyl groups excluding tert-OH is 2. The second-order valence-electron chi connectivity index (χ2n) is 16.1. The van der Waals surface area contributed by atoms with E-state index in [0.717, 1.165) is 54.0 Å². The molecule has 5 rings (SSSR count). The highest BCUT2D eigenvalue weighted by Crippen LogP contribution is 2.67. The van der Waals surface area contributed by atoms with Gasteiger partial charge in [-0.15, -0.1) is 0 Å². The van der Waals surface area contributed by atoms with Crippen molar-refractivity contribution in [2.24, 2.45) is 75.0 Å². The molecule has 4 aliphatic carbocycles.